The molecule has 0 saturated carbocycles. The highest BCUT2D eigenvalue weighted by atomic mass is 79.9. The molecule has 0 aromatic heterocycles. The number of methoxy groups -OCH3 is 1. The van der Waals surface area contributed by atoms with Crippen LogP contribution in [0.4, 0.5) is 8.78 Å². The molecule has 0 radical (unpaired) electrons. The van der Waals surface area contributed by atoms with Gasteiger partial charge in [-0.1, -0.05) is 37.9 Å². The molecule has 1 nitrogen and oxygen atoms in total. The van der Waals surface area contributed by atoms with Gasteiger partial charge in [-0.05, 0) is 35.9 Å². The van der Waals surface area contributed by atoms with Crippen LogP contribution in [-0.4, -0.2) is 7.11 Å². The fourth-order valence-electron chi connectivity index (χ4n) is 1.75. The first-order valence-electron chi connectivity index (χ1n) is 5.45. The summed E-state index contributed by atoms with van der Waals surface area (Å²) in [7, 11) is 1.57. The van der Waals surface area contributed by atoms with Crippen molar-refractivity contribution in [3.05, 3.63) is 63.6 Å². The maximum Gasteiger partial charge on any atom is 0.159 e. The molecule has 1 atom stereocenters. The summed E-state index contributed by atoms with van der Waals surface area (Å²) in [5.74, 6) is -1.05. The Hall–Kier alpha value is -0.940. The monoisotopic (exact) mass is 390 g/mol. The number of hydrogen-bond donors (Lipinski definition) is 0. The van der Waals surface area contributed by atoms with E-state index >= 15 is 0 Å². The lowest BCUT2D eigenvalue weighted by Crippen LogP contribution is -1.98. The largest absolute Gasteiger partial charge is 0.496 e. The maximum atomic E-state index is 13.3. The zero-order valence-electron chi connectivity index (χ0n) is 9.96. The maximum absolute atomic E-state index is 13.3. The minimum atomic E-state index is -0.865. The van der Waals surface area contributed by atoms with Gasteiger partial charge in [0.05, 0.1) is 11.9 Å². The average molecular weight is 392 g/mol. The Morgan fingerprint density at radius 2 is 1.79 bits per heavy atom. The Bertz CT molecular complexity index is 602. The zero-order valence-corrected chi connectivity index (χ0v) is 13.1. The second kappa shape index (κ2) is 6.01. The van der Waals surface area contributed by atoms with E-state index in [1.165, 1.54) is 12.1 Å². The first kappa shape index (κ1) is 14.5. The van der Waals surface area contributed by atoms with Gasteiger partial charge in [-0.3, -0.25) is 0 Å². The standard InChI is InChI=1S/C14H10Br2F2O/c1-19-13-5-3-9(15)7-10(13)14(16)8-2-4-11(17)12(18)6-8/h2-7,14H,1H3. The van der Waals surface area contributed by atoms with Gasteiger partial charge in [-0.15, -0.1) is 0 Å². The second-order valence-corrected chi connectivity index (χ2v) is 5.75. The van der Waals surface area contributed by atoms with Crippen LogP contribution in [0.2, 0.25) is 0 Å². The molecule has 0 fully saturated rings. The second-order valence-electron chi connectivity index (χ2n) is 3.92. The lowest BCUT2D eigenvalue weighted by molar-refractivity contribution is 0.410. The van der Waals surface area contributed by atoms with E-state index in [-0.39, 0.29) is 4.83 Å². The number of alkyl halides is 1. The third-order valence-electron chi connectivity index (χ3n) is 2.70. The lowest BCUT2D eigenvalue weighted by Gasteiger charge is -2.15. The summed E-state index contributed by atoms with van der Waals surface area (Å²) in [4.78, 5) is -0.282. The van der Waals surface area contributed by atoms with Crippen molar-refractivity contribution < 1.29 is 13.5 Å². The van der Waals surface area contributed by atoms with Crippen molar-refractivity contribution in [1.29, 1.82) is 0 Å². The SMILES string of the molecule is COc1ccc(Br)cc1C(Br)c1ccc(F)c(F)c1. The number of ether oxygens (including phenoxy) is 1. The van der Waals surface area contributed by atoms with E-state index in [1.54, 1.807) is 7.11 Å². The van der Waals surface area contributed by atoms with Gasteiger partial charge in [0.15, 0.2) is 11.6 Å². The molecular weight excluding hydrogens is 382 g/mol. The van der Waals surface area contributed by atoms with Crippen LogP contribution in [-0.2, 0) is 0 Å². The Morgan fingerprint density at radius 3 is 2.42 bits per heavy atom. The van der Waals surface area contributed by atoms with Gasteiger partial charge in [0, 0.05) is 10.0 Å². The quantitative estimate of drug-likeness (QED) is 0.651. The minimum absolute atomic E-state index is 0.282. The Labute approximate surface area is 126 Å². The van der Waals surface area contributed by atoms with E-state index in [4.69, 9.17) is 4.74 Å². The minimum Gasteiger partial charge on any atom is -0.496 e. The van der Waals surface area contributed by atoms with E-state index in [2.05, 4.69) is 31.9 Å². The smallest absolute Gasteiger partial charge is 0.159 e. The predicted octanol–water partition coefficient (Wildman–Crippen LogP) is 5.22. The fraction of sp³-hybridized carbons (Fsp3) is 0.143. The molecule has 1 unspecified atom stereocenters. The molecule has 0 aliphatic carbocycles. The van der Waals surface area contributed by atoms with E-state index < -0.39 is 11.6 Å². The Kier molecular flexibility index (Phi) is 4.58. The Morgan fingerprint density at radius 1 is 1.05 bits per heavy atom. The van der Waals surface area contributed by atoms with Crippen LogP contribution in [0.15, 0.2) is 40.9 Å². The average Bonchev–Trinajstić information content (AvgIpc) is 2.41. The van der Waals surface area contributed by atoms with Crippen LogP contribution in [0.25, 0.3) is 0 Å². The molecule has 0 aliphatic heterocycles. The van der Waals surface area contributed by atoms with Crippen LogP contribution >= 0.6 is 31.9 Å². The summed E-state index contributed by atoms with van der Waals surface area (Å²) in [6, 6.07) is 9.37. The van der Waals surface area contributed by atoms with Crippen molar-refractivity contribution in [3.63, 3.8) is 0 Å². The summed E-state index contributed by atoms with van der Waals surface area (Å²) in [6.45, 7) is 0. The molecule has 0 amide bonds. The molecule has 0 saturated heterocycles. The van der Waals surface area contributed by atoms with Crippen molar-refractivity contribution in [2.24, 2.45) is 0 Å². The van der Waals surface area contributed by atoms with Gasteiger partial charge in [0.25, 0.3) is 0 Å². The number of halogens is 4. The summed E-state index contributed by atoms with van der Waals surface area (Å²) in [5.41, 5.74) is 1.46. The molecule has 0 bridgehead atoms. The first-order valence-corrected chi connectivity index (χ1v) is 7.16. The molecule has 2 aromatic rings. The molecule has 0 heterocycles. The fourth-order valence-corrected chi connectivity index (χ4v) is 2.77. The van der Waals surface area contributed by atoms with Crippen molar-refractivity contribution in [2.75, 3.05) is 7.11 Å². The Balaban J connectivity index is 2.45. The number of benzene rings is 2. The molecule has 2 aromatic carbocycles. The van der Waals surface area contributed by atoms with E-state index in [1.807, 2.05) is 18.2 Å². The number of rotatable bonds is 3. The van der Waals surface area contributed by atoms with Gasteiger partial charge in [-0.25, -0.2) is 8.78 Å². The van der Waals surface area contributed by atoms with Gasteiger partial charge in [0.1, 0.15) is 5.75 Å². The first-order chi connectivity index (χ1) is 9.02. The van der Waals surface area contributed by atoms with Gasteiger partial charge in [-0.2, -0.15) is 0 Å². The molecule has 0 aliphatic rings. The highest BCUT2D eigenvalue weighted by Crippen LogP contribution is 2.38. The molecule has 2 rings (SSSR count). The van der Waals surface area contributed by atoms with E-state index in [9.17, 15) is 8.78 Å². The molecule has 100 valence electrons. The molecule has 5 heteroatoms. The van der Waals surface area contributed by atoms with E-state index in [0.717, 1.165) is 16.1 Å². The third kappa shape index (κ3) is 3.15. The predicted molar refractivity (Wildman–Crippen MR) is 77.8 cm³/mol. The number of hydrogen-bond acceptors (Lipinski definition) is 1. The van der Waals surface area contributed by atoms with Crippen LogP contribution in [0.5, 0.6) is 5.75 Å². The third-order valence-corrected chi connectivity index (χ3v) is 4.22. The summed E-state index contributed by atoms with van der Waals surface area (Å²) in [6.07, 6.45) is 0. The molecule has 0 spiro atoms. The van der Waals surface area contributed by atoms with E-state index in [0.29, 0.717) is 11.3 Å². The summed E-state index contributed by atoms with van der Waals surface area (Å²) < 4.78 is 32.4. The lowest BCUT2D eigenvalue weighted by atomic mass is 10.0. The molecule has 0 N–H and O–H groups in total. The highest BCUT2D eigenvalue weighted by Gasteiger charge is 2.17. The van der Waals surface area contributed by atoms with Crippen LogP contribution in [0, 0.1) is 11.6 Å². The normalized spacial score (nSPS) is 12.3. The van der Waals surface area contributed by atoms with Crippen molar-refractivity contribution in [2.45, 2.75) is 4.83 Å². The van der Waals surface area contributed by atoms with Gasteiger partial charge < -0.3 is 4.74 Å². The van der Waals surface area contributed by atoms with Gasteiger partial charge in [0.2, 0.25) is 0 Å². The van der Waals surface area contributed by atoms with Crippen molar-refractivity contribution in [1.82, 2.24) is 0 Å². The van der Waals surface area contributed by atoms with Crippen molar-refractivity contribution >= 4 is 31.9 Å². The highest BCUT2D eigenvalue weighted by molar-refractivity contribution is 9.10. The van der Waals surface area contributed by atoms with Crippen LogP contribution < -0.4 is 4.74 Å². The topological polar surface area (TPSA) is 9.23 Å². The van der Waals surface area contributed by atoms with Crippen molar-refractivity contribution in [3.8, 4) is 5.75 Å². The molecular formula is C14H10Br2F2O. The van der Waals surface area contributed by atoms with Crippen LogP contribution in [0.1, 0.15) is 16.0 Å². The summed E-state index contributed by atoms with van der Waals surface area (Å²) in [5, 5.41) is 0. The van der Waals surface area contributed by atoms with Crippen LogP contribution in [0.3, 0.4) is 0 Å². The van der Waals surface area contributed by atoms with Gasteiger partial charge >= 0.3 is 0 Å². The summed E-state index contributed by atoms with van der Waals surface area (Å²) >= 11 is 6.87. The molecule has 19 heavy (non-hydrogen) atoms. The zero-order chi connectivity index (χ0) is 14.0.